The molecule has 3 rings (SSSR count). The number of ether oxygens (including phenoxy) is 1. The average Bonchev–Trinajstić information content (AvgIpc) is 2.43. The van der Waals surface area contributed by atoms with Crippen LogP contribution in [0.2, 0.25) is 0 Å². The maximum Gasteiger partial charge on any atom is 0.124 e. The Morgan fingerprint density at radius 2 is 2.00 bits per heavy atom. The fourth-order valence-corrected chi connectivity index (χ4v) is 3.90. The lowest BCUT2D eigenvalue weighted by atomic mass is 9.70. The molecule has 0 saturated heterocycles. The van der Waals surface area contributed by atoms with Crippen molar-refractivity contribution < 1.29 is 4.74 Å². The molecule has 0 spiro atoms. The number of fused-ring (bicyclic) bond motifs is 4. The zero-order valence-electron chi connectivity index (χ0n) is 10.9. The fourth-order valence-electron chi connectivity index (χ4n) is 3.56. The molecule has 0 amide bonds. The van der Waals surface area contributed by atoms with E-state index in [4.69, 9.17) is 4.74 Å². The predicted molar refractivity (Wildman–Crippen MR) is 73.7 cm³/mol. The van der Waals surface area contributed by atoms with Gasteiger partial charge in [-0.25, -0.2) is 0 Å². The highest BCUT2D eigenvalue weighted by Crippen LogP contribution is 2.58. The standard InChI is InChI=1S/C15H19BrO/c1-9-7-13-11(8-12(9)16)14(3)5-6-15(4,17-13)10(14)2/h7-8,10H,5-6H2,1-4H3. The number of benzene rings is 1. The van der Waals surface area contributed by atoms with E-state index in [1.807, 2.05) is 0 Å². The lowest BCUT2D eigenvalue weighted by molar-refractivity contribution is 0.0216. The molecule has 1 aliphatic carbocycles. The van der Waals surface area contributed by atoms with E-state index in [9.17, 15) is 0 Å². The molecule has 0 aromatic heterocycles. The predicted octanol–water partition coefficient (Wildman–Crippen LogP) is 4.60. The Balaban J connectivity index is 2.25. The molecule has 1 aliphatic heterocycles. The van der Waals surface area contributed by atoms with Crippen LogP contribution in [-0.2, 0) is 5.41 Å². The van der Waals surface area contributed by atoms with E-state index in [0.717, 1.165) is 12.2 Å². The highest BCUT2D eigenvalue weighted by atomic mass is 79.9. The highest BCUT2D eigenvalue weighted by molar-refractivity contribution is 9.10. The summed E-state index contributed by atoms with van der Waals surface area (Å²) in [5.74, 6) is 1.68. The van der Waals surface area contributed by atoms with Crippen LogP contribution in [0.1, 0.15) is 44.7 Å². The van der Waals surface area contributed by atoms with E-state index in [2.05, 4.69) is 55.8 Å². The summed E-state index contributed by atoms with van der Waals surface area (Å²) in [5, 5.41) is 0. The van der Waals surface area contributed by atoms with Gasteiger partial charge in [0.05, 0.1) is 0 Å². The van der Waals surface area contributed by atoms with Gasteiger partial charge in [0.25, 0.3) is 0 Å². The van der Waals surface area contributed by atoms with Crippen molar-refractivity contribution in [3.63, 3.8) is 0 Å². The third kappa shape index (κ3) is 1.36. The summed E-state index contributed by atoms with van der Waals surface area (Å²) in [6.45, 7) is 9.12. The number of hydrogen-bond donors (Lipinski definition) is 0. The Morgan fingerprint density at radius 3 is 2.71 bits per heavy atom. The second-order valence-electron chi connectivity index (χ2n) is 6.15. The molecule has 1 nitrogen and oxygen atoms in total. The molecule has 17 heavy (non-hydrogen) atoms. The van der Waals surface area contributed by atoms with Crippen LogP contribution >= 0.6 is 15.9 Å². The molecule has 3 atom stereocenters. The van der Waals surface area contributed by atoms with E-state index in [1.165, 1.54) is 22.0 Å². The second-order valence-corrected chi connectivity index (χ2v) is 7.01. The third-order valence-corrected chi connectivity index (χ3v) is 6.09. The minimum atomic E-state index is 0.0298. The summed E-state index contributed by atoms with van der Waals surface area (Å²) in [5.41, 5.74) is 2.95. The number of rotatable bonds is 0. The molecule has 2 aliphatic rings. The summed E-state index contributed by atoms with van der Waals surface area (Å²) >= 11 is 3.65. The molecule has 0 N–H and O–H groups in total. The van der Waals surface area contributed by atoms with Crippen LogP contribution in [-0.4, -0.2) is 5.60 Å². The van der Waals surface area contributed by atoms with Crippen LogP contribution in [0.25, 0.3) is 0 Å². The van der Waals surface area contributed by atoms with Crippen molar-refractivity contribution >= 4 is 15.9 Å². The first-order valence-corrected chi connectivity index (χ1v) is 7.16. The van der Waals surface area contributed by atoms with Gasteiger partial charge in [0.2, 0.25) is 0 Å². The molecule has 1 saturated carbocycles. The number of halogens is 1. The Hall–Kier alpha value is -0.500. The van der Waals surface area contributed by atoms with Crippen LogP contribution in [0.3, 0.4) is 0 Å². The van der Waals surface area contributed by atoms with Crippen molar-refractivity contribution in [3.05, 3.63) is 27.7 Å². The quantitative estimate of drug-likeness (QED) is 0.680. The Kier molecular flexibility index (Phi) is 2.24. The molecule has 1 heterocycles. The number of aryl methyl sites for hydroxylation is 1. The largest absolute Gasteiger partial charge is 0.487 e. The Morgan fingerprint density at radius 1 is 1.29 bits per heavy atom. The van der Waals surface area contributed by atoms with Crippen LogP contribution < -0.4 is 4.74 Å². The molecule has 1 fully saturated rings. The van der Waals surface area contributed by atoms with Crippen LogP contribution in [0.4, 0.5) is 0 Å². The van der Waals surface area contributed by atoms with Crippen LogP contribution in [0.15, 0.2) is 16.6 Å². The molecule has 1 aromatic rings. The molecule has 92 valence electrons. The summed E-state index contributed by atoms with van der Waals surface area (Å²) in [7, 11) is 0. The summed E-state index contributed by atoms with van der Waals surface area (Å²) in [4.78, 5) is 0. The first-order valence-electron chi connectivity index (χ1n) is 6.36. The summed E-state index contributed by atoms with van der Waals surface area (Å²) < 4.78 is 7.50. The molecule has 1 aromatic carbocycles. The van der Waals surface area contributed by atoms with Gasteiger partial charge >= 0.3 is 0 Å². The maximum absolute atomic E-state index is 6.30. The Labute approximate surface area is 112 Å². The van der Waals surface area contributed by atoms with Crippen molar-refractivity contribution in [1.29, 1.82) is 0 Å². The minimum absolute atomic E-state index is 0.0298. The molecule has 3 unspecified atom stereocenters. The Bertz CT molecular complexity index is 496. The van der Waals surface area contributed by atoms with Gasteiger partial charge in [0.1, 0.15) is 11.4 Å². The smallest absolute Gasteiger partial charge is 0.124 e. The van der Waals surface area contributed by atoms with Gasteiger partial charge < -0.3 is 4.74 Å². The van der Waals surface area contributed by atoms with Gasteiger partial charge in [-0.1, -0.05) is 29.8 Å². The van der Waals surface area contributed by atoms with E-state index >= 15 is 0 Å². The van der Waals surface area contributed by atoms with Crippen molar-refractivity contribution in [1.82, 2.24) is 0 Å². The lowest BCUT2D eigenvalue weighted by Gasteiger charge is -2.44. The fraction of sp³-hybridized carbons (Fsp3) is 0.600. The monoisotopic (exact) mass is 294 g/mol. The SMILES string of the molecule is Cc1cc2c(cc1Br)C1(C)CCC(C)(O2)C1C. The average molecular weight is 295 g/mol. The van der Waals surface area contributed by atoms with Crippen molar-refractivity contribution in [2.45, 2.75) is 51.6 Å². The molecule has 2 heteroatoms. The summed E-state index contributed by atoms with van der Waals surface area (Å²) in [6, 6.07) is 4.46. The van der Waals surface area contributed by atoms with E-state index in [1.54, 1.807) is 0 Å². The molecule has 2 bridgehead atoms. The van der Waals surface area contributed by atoms with Gasteiger partial charge in [-0.05, 0) is 44.4 Å². The van der Waals surface area contributed by atoms with E-state index < -0.39 is 0 Å². The zero-order valence-corrected chi connectivity index (χ0v) is 12.5. The highest BCUT2D eigenvalue weighted by Gasteiger charge is 2.56. The first-order chi connectivity index (χ1) is 7.87. The third-order valence-electron chi connectivity index (χ3n) is 5.23. The lowest BCUT2D eigenvalue weighted by Crippen LogP contribution is -2.45. The van der Waals surface area contributed by atoms with Gasteiger partial charge in [0, 0.05) is 21.4 Å². The summed E-state index contributed by atoms with van der Waals surface area (Å²) in [6.07, 6.45) is 2.39. The molecular weight excluding hydrogens is 276 g/mol. The van der Waals surface area contributed by atoms with Crippen molar-refractivity contribution in [2.75, 3.05) is 0 Å². The van der Waals surface area contributed by atoms with Crippen LogP contribution in [0, 0.1) is 12.8 Å². The number of hydrogen-bond acceptors (Lipinski definition) is 1. The van der Waals surface area contributed by atoms with E-state index in [-0.39, 0.29) is 11.0 Å². The van der Waals surface area contributed by atoms with Gasteiger partial charge in [0.15, 0.2) is 0 Å². The van der Waals surface area contributed by atoms with Crippen LogP contribution in [0.5, 0.6) is 5.75 Å². The van der Waals surface area contributed by atoms with Crippen molar-refractivity contribution in [2.24, 2.45) is 5.92 Å². The molecular formula is C15H19BrO. The van der Waals surface area contributed by atoms with Gasteiger partial charge in [-0.2, -0.15) is 0 Å². The minimum Gasteiger partial charge on any atom is -0.487 e. The van der Waals surface area contributed by atoms with Gasteiger partial charge in [-0.3, -0.25) is 0 Å². The maximum atomic E-state index is 6.30. The topological polar surface area (TPSA) is 9.23 Å². The first kappa shape index (κ1) is 11.6. The second kappa shape index (κ2) is 3.28. The zero-order chi connectivity index (χ0) is 12.4. The molecule has 0 radical (unpaired) electrons. The van der Waals surface area contributed by atoms with E-state index in [0.29, 0.717) is 5.92 Å². The van der Waals surface area contributed by atoms with Gasteiger partial charge in [-0.15, -0.1) is 0 Å². The van der Waals surface area contributed by atoms with Crippen molar-refractivity contribution in [3.8, 4) is 5.75 Å². The normalized spacial score (nSPS) is 38.8.